The van der Waals surface area contributed by atoms with Crippen molar-refractivity contribution in [3.8, 4) is 23.0 Å². The first-order valence-corrected chi connectivity index (χ1v) is 8.74. The second-order valence-electron chi connectivity index (χ2n) is 5.41. The number of halogens is 1. The van der Waals surface area contributed by atoms with Gasteiger partial charge in [0, 0.05) is 17.0 Å². The lowest BCUT2D eigenvalue weighted by Gasteiger charge is -2.13. The van der Waals surface area contributed by atoms with Crippen molar-refractivity contribution in [3.05, 3.63) is 40.4 Å². The number of methoxy groups -OCH3 is 4. The number of hydrogen-bond donors (Lipinski definition) is 1. The number of carbonyl (C=O) groups excluding carboxylic acids is 1. The Hall–Kier alpha value is -2.41. The van der Waals surface area contributed by atoms with E-state index in [1.165, 1.54) is 0 Å². The predicted molar refractivity (Wildman–Crippen MR) is 104 cm³/mol. The molecule has 6 nitrogen and oxygen atoms in total. The van der Waals surface area contributed by atoms with Crippen molar-refractivity contribution in [2.75, 3.05) is 33.8 Å². The number of anilines is 1. The van der Waals surface area contributed by atoms with E-state index in [0.717, 1.165) is 10.0 Å². The molecule has 2 rings (SSSR count). The van der Waals surface area contributed by atoms with Gasteiger partial charge < -0.3 is 24.3 Å². The van der Waals surface area contributed by atoms with Crippen LogP contribution in [0, 0.1) is 0 Å². The summed E-state index contributed by atoms with van der Waals surface area (Å²) in [5, 5.41) is 2.86. The molecule has 0 fully saturated rings. The maximum atomic E-state index is 12.4. The Labute approximate surface area is 161 Å². The largest absolute Gasteiger partial charge is 0.497 e. The molecule has 0 saturated carbocycles. The van der Waals surface area contributed by atoms with Crippen molar-refractivity contribution in [3.63, 3.8) is 0 Å². The number of aryl methyl sites for hydroxylation is 1. The number of rotatable bonds is 8. The van der Waals surface area contributed by atoms with E-state index in [1.54, 1.807) is 46.6 Å². The third-order valence-electron chi connectivity index (χ3n) is 3.85. The van der Waals surface area contributed by atoms with Crippen LogP contribution in [0.15, 0.2) is 34.8 Å². The van der Waals surface area contributed by atoms with Gasteiger partial charge in [0.25, 0.3) is 0 Å². The van der Waals surface area contributed by atoms with E-state index in [-0.39, 0.29) is 5.91 Å². The summed E-state index contributed by atoms with van der Waals surface area (Å²) in [4.78, 5) is 12.4. The average molecular weight is 424 g/mol. The summed E-state index contributed by atoms with van der Waals surface area (Å²) in [6, 6.07) is 8.94. The van der Waals surface area contributed by atoms with E-state index < -0.39 is 0 Å². The molecule has 0 spiro atoms. The van der Waals surface area contributed by atoms with Crippen LogP contribution < -0.4 is 24.3 Å². The summed E-state index contributed by atoms with van der Waals surface area (Å²) in [7, 11) is 6.29. The van der Waals surface area contributed by atoms with E-state index in [4.69, 9.17) is 18.9 Å². The van der Waals surface area contributed by atoms with Crippen molar-refractivity contribution in [1.82, 2.24) is 0 Å². The normalized spacial score (nSPS) is 10.2. The highest BCUT2D eigenvalue weighted by Crippen LogP contribution is 2.34. The maximum Gasteiger partial charge on any atom is 0.224 e. The molecule has 0 unspecified atom stereocenters. The summed E-state index contributed by atoms with van der Waals surface area (Å²) in [5.74, 6) is 2.35. The number of nitrogens with one attached hydrogen (secondary N) is 1. The average Bonchev–Trinajstić information content (AvgIpc) is 2.66. The number of carbonyl (C=O) groups is 1. The van der Waals surface area contributed by atoms with Crippen molar-refractivity contribution in [2.45, 2.75) is 12.8 Å². The Morgan fingerprint density at radius 3 is 2.19 bits per heavy atom. The van der Waals surface area contributed by atoms with Gasteiger partial charge >= 0.3 is 0 Å². The standard InChI is InChI=1S/C19H22BrNO5/c1-23-13-6-7-16(24-2)15(10-13)21-19(22)8-5-12-9-17(25-3)18(26-4)11-14(12)20/h6-7,9-11H,5,8H2,1-4H3,(H,21,22). The summed E-state index contributed by atoms with van der Waals surface area (Å²) in [6.07, 6.45) is 0.841. The Bertz CT molecular complexity index is 779. The molecule has 140 valence electrons. The lowest BCUT2D eigenvalue weighted by atomic mass is 10.1. The molecule has 0 aliphatic rings. The van der Waals surface area contributed by atoms with Crippen LogP contribution in [0.4, 0.5) is 5.69 Å². The fourth-order valence-electron chi connectivity index (χ4n) is 2.46. The van der Waals surface area contributed by atoms with Gasteiger partial charge in [-0.3, -0.25) is 4.79 Å². The quantitative estimate of drug-likeness (QED) is 0.693. The molecule has 0 bridgehead atoms. The van der Waals surface area contributed by atoms with E-state index in [9.17, 15) is 4.79 Å². The predicted octanol–water partition coefficient (Wildman–Crippen LogP) is 4.05. The molecule has 0 aromatic heterocycles. The molecule has 1 N–H and O–H groups in total. The number of amides is 1. The number of benzene rings is 2. The summed E-state index contributed by atoms with van der Waals surface area (Å²) in [6.45, 7) is 0. The molecule has 0 atom stereocenters. The van der Waals surface area contributed by atoms with E-state index in [2.05, 4.69) is 21.2 Å². The monoisotopic (exact) mass is 423 g/mol. The molecule has 2 aromatic rings. The van der Waals surface area contributed by atoms with Crippen LogP contribution >= 0.6 is 15.9 Å². The molecule has 0 aliphatic heterocycles. The summed E-state index contributed by atoms with van der Waals surface area (Å²) < 4.78 is 21.9. The minimum absolute atomic E-state index is 0.127. The van der Waals surface area contributed by atoms with Gasteiger partial charge in [0.15, 0.2) is 11.5 Å². The fourth-order valence-corrected chi connectivity index (χ4v) is 2.98. The second kappa shape index (κ2) is 9.33. The van der Waals surface area contributed by atoms with E-state index in [1.807, 2.05) is 12.1 Å². The topological polar surface area (TPSA) is 66.0 Å². The minimum atomic E-state index is -0.127. The zero-order valence-electron chi connectivity index (χ0n) is 15.2. The lowest BCUT2D eigenvalue weighted by molar-refractivity contribution is -0.116. The van der Waals surface area contributed by atoms with Gasteiger partial charge in [-0.15, -0.1) is 0 Å². The highest BCUT2D eigenvalue weighted by atomic mass is 79.9. The molecule has 0 aliphatic carbocycles. The number of ether oxygens (including phenoxy) is 4. The maximum absolute atomic E-state index is 12.4. The van der Waals surface area contributed by atoms with Gasteiger partial charge in [-0.25, -0.2) is 0 Å². The zero-order chi connectivity index (χ0) is 19.1. The van der Waals surface area contributed by atoms with Crippen LogP contribution in [0.2, 0.25) is 0 Å². The molecule has 0 radical (unpaired) electrons. The smallest absolute Gasteiger partial charge is 0.224 e. The second-order valence-corrected chi connectivity index (χ2v) is 6.27. The first-order chi connectivity index (χ1) is 12.5. The third kappa shape index (κ3) is 4.82. The van der Waals surface area contributed by atoms with Gasteiger partial charge in [0.05, 0.1) is 34.1 Å². The van der Waals surface area contributed by atoms with Crippen molar-refractivity contribution in [2.24, 2.45) is 0 Å². The Morgan fingerprint density at radius 1 is 0.923 bits per heavy atom. The fraction of sp³-hybridized carbons (Fsp3) is 0.316. The van der Waals surface area contributed by atoms with Crippen molar-refractivity contribution in [1.29, 1.82) is 0 Å². The van der Waals surface area contributed by atoms with Gasteiger partial charge in [0.2, 0.25) is 5.91 Å². The van der Waals surface area contributed by atoms with Crippen LogP contribution in [0.3, 0.4) is 0 Å². The minimum Gasteiger partial charge on any atom is -0.497 e. The van der Waals surface area contributed by atoms with Crippen molar-refractivity contribution >= 4 is 27.5 Å². The van der Waals surface area contributed by atoms with Crippen LogP contribution in [0.1, 0.15) is 12.0 Å². The van der Waals surface area contributed by atoms with Crippen molar-refractivity contribution < 1.29 is 23.7 Å². The Kier molecular flexibility index (Phi) is 7.15. The molecule has 26 heavy (non-hydrogen) atoms. The SMILES string of the molecule is COc1ccc(OC)c(NC(=O)CCc2cc(OC)c(OC)cc2Br)c1. The highest BCUT2D eigenvalue weighted by Gasteiger charge is 2.13. The van der Waals surface area contributed by atoms with Crippen LogP contribution in [0.25, 0.3) is 0 Å². The Balaban J connectivity index is 2.08. The number of hydrogen-bond acceptors (Lipinski definition) is 5. The molecule has 0 heterocycles. The van der Waals surface area contributed by atoms with E-state index >= 15 is 0 Å². The highest BCUT2D eigenvalue weighted by molar-refractivity contribution is 9.10. The summed E-state index contributed by atoms with van der Waals surface area (Å²) >= 11 is 3.51. The Morgan fingerprint density at radius 2 is 1.58 bits per heavy atom. The molecular weight excluding hydrogens is 402 g/mol. The molecular formula is C19H22BrNO5. The van der Waals surface area contributed by atoms with Gasteiger partial charge in [0.1, 0.15) is 11.5 Å². The van der Waals surface area contributed by atoms with Crippen LogP contribution in [-0.2, 0) is 11.2 Å². The lowest BCUT2D eigenvalue weighted by Crippen LogP contribution is -2.13. The molecule has 2 aromatic carbocycles. The van der Waals surface area contributed by atoms with E-state index in [0.29, 0.717) is 41.5 Å². The first kappa shape index (κ1) is 19.9. The molecule has 7 heteroatoms. The van der Waals surface area contributed by atoms with Gasteiger partial charge in [-0.1, -0.05) is 15.9 Å². The van der Waals surface area contributed by atoms with Crippen LogP contribution in [-0.4, -0.2) is 34.3 Å². The first-order valence-electron chi connectivity index (χ1n) is 7.94. The zero-order valence-corrected chi connectivity index (χ0v) is 16.8. The summed E-state index contributed by atoms with van der Waals surface area (Å²) in [5.41, 5.74) is 1.53. The van der Waals surface area contributed by atoms with Gasteiger partial charge in [-0.2, -0.15) is 0 Å². The third-order valence-corrected chi connectivity index (χ3v) is 4.59. The van der Waals surface area contributed by atoms with Gasteiger partial charge in [-0.05, 0) is 36.2 Å². The van der Waals surface area contributed by atoms with Crippen LogP contribution in [0.5, 0.6) is 23.0 Å². The molecule has 0 saturated heterocycles. The molecule has 1 amide bonds.